The summed E-state index contributed by atoms with van der Waals surface area (Å²) in [6, 6.07) is 11.6. The molecule has 0 unspecified atom stereocenters. The van der Waals surface area contributed by atoms with Crippen LogP contribution in [-0.2, 0) is 4.79 Å². The molecule has 0 saturated carbocycles. The van der Waals surface area contributed by atoms with E-state index in [2.05, 4.69) is 10.3 Å². The van der Waals surface area contributed by atoms with Crippen molar-refractivity contribution in [1.29, 1.82) is 0 Å². The molecule has 138 valence electrons. The molecule has 0 atom stereocenters. The number of nitrogens with zero attached hydrogens (tertiary/aromatic N) is 1. The van der Waals surface area contributed by atoms with E-state index in [1.54, 1.807) is 37.5 Å². The number of carbonyl (C=O) groups is 2. The maximum Gasteiger partial charge on any atom is 0.335 e. The summed E-state index contributed by atoms with van der Waals surface area (Å²) in [5, 5.41) is 12.1. The van der Waals surface area contributed by atoms with Crippen LogP contribution in [0.2, 0.25) is 0 Å². The van der Waals surface area contributed by atoms with Crippen LogP contribution in [0.5, 0.6) is 11.5 Å². The van der Waals surface area contributed by atoms with Gasteiger partial charge in [0.1, 0.15) is 0 Å². The number of aliphatic imine (C=N–C) groups is 1. The number of para-hydroxylation sites is 1. The molecule has 0 aliphatic carbocycles. The zero-order valence-electron chi connectivity index (χ0n) is 14.6. The molecule has 0 aromatic heterocycles. The topological polar surface area (TPSA) is 97.2 Å². The van der Waals surface area contributed by atoms with Gasteiger partial charge >= 0.3 is 5.97 Å². The smallest absolute Gasteiger partial charge is 0.335 e. The van der Waals surface area contributed by atoms with Crippen molar-refractivity contribution in [3.63, 3.8) is 0 Å². The lowest BCUT2D eigenvalue weighted by Gasteiger charge is -2.10. The van der Waals surface area contributed by atoms with E-state index in [9.17, 15) is 9.59 Å². The average Bonchev–Trinajstić information content (AvgIpc) is 3.00. The molecule has 0 bridgehead atoms. The number of nitrogens with one attached hydrogen (secondary N) is 1. The fraction of sp³-hybridized carbons (Fsp3) is 0.105. The Kier molecular flexibility index (Phi) is 5.46. The van der Waals surface area contributed by atoms with Crippen LogP contribution in [0.15, 0.2) is 52.4 Å². The number of carbonyl (C=O) groups excluding carboxylic acids is 1. The largest absolute Gasteiger partial charge is 0.493 e. The van der Waals surface area contributed by atoms with Crippen LogP contribution in [0.4, 0.5) is 5.69 Å². The number of methoxy groups -OCH3 is 2. The molecule has 1 heterocycles. The lowest BCUT2D eigenvalue weighted by molar-refractivity contribution is -0.115. The number of hydrogen-bond acceptors (Lipinski definition) is 6. The monoisotopic (exact) mass is 384 g/mol. The minimum Gasteiger partial charge on any atom is -0.493 e. The number of carboxylic acids is 1. The normalized spacial score (nSPS) is 16.4. The number of ether oxygens (including phenoxy) is 2. The van der Waals surface area contributed by atoms with E-state index in [4.69, 9.17) is 14.6 Å². The Bertz CT molecular complexity index is 968. The van der Waals surface area contributed by atoms with E-state index in [0.29, 0.717) is 32.8 Å². The van der Waals surface area contributed by atoms with Crippen LogP contribution in [-0.4, -0.2) is 36.4 Å². The van der Waals surface area contributed by atoms with Gasteiger partial charge in [0.05, 0.1) is 30.4 Å². The third kappa shape index (κ3) is 4.12. The van der Waals surface area contributed by atoms with E-state index < -0.39 is 5.97 Å². The highest BCUT2D eigenvalue weighted by Crippen LogP contribution is 2.35. The zero-order valence-corrected chi connectivity index (χ0v) is 15.4. The van der Waals surface area contributed by atoms with Crippen molar-refractivity contribution in [1.82, 2.24) is 5.32 Å². The van der Waals surface area contributed by atoms with E-state index in [1.165, 1.54) is 19.2 Å². The highest BCUT2D eigenvalue weighted by molar-refractivity contribution is 8.18. The highest BCUT2D eigenvalue weighted by atomic mass is 32.2. The van der Waals surface area contributed by atoms with Gasteiger partial charge in [-0.05, 0) is 42.1 Å². The number of thioether (sulfide) groups is 1. The standard InChI is InChI=1S/C19H16N2O5S/c1-25-14-8-4-5-11(16(14)26-2)10-15-17(22)21-19(27-15)20-13-7-3-6-12(9-13)18(23)24/h3-10H,1-2H3,(H,23,24)(H,20,21,22)/b15-10+. The summed E-state index contributed by atoms with van der Waals surface area (Å²) in [6.45, 7) is 0. The van der Waals surface area contributed by atoms with E-state index in [0.717, 1.165) is 11.8 Å². The summed E-state index contributed by atoms with van der Waals surface area (Å²) in [5.74, 6) is -0.237. The predicted molar refractivity (Wildman–Crippen MR) is 104 cm³/mol. The number of amides is 1. The minimum absolute atomic E-state index is 0.128. The molecule has 2 aromatic rings. The van der Waals surface area contributed by atoms with Crippen LogP contribution in [0.25, 0.3) is 6.08 Å². The number of rotatable bonds is 5. The predicted octanol–water partition coefficient (Wildman–Crippen LogP) is 3.29. The van der Waals surface area contributed by atoms with Gasteiger partial charge in [0, 0.05) is 5.56 Å². The van der Waals surface area contributed by atoms with Gasteiger partial charge in [-0.15, -0.1) is 0 Å². The molecule has 3 rings (SSSR count). The Morgan fingerprint density at radius 3 is 2.67 bits per heavy atom. The third-order valence-electron chi connectivity index (χ3n) is 3.69. The molecule has 0 spiro atoms. The maximum absolute atomic E-state index is 12.3. The quantitative estimate of drug-likeness (QED) is 0.768. The molecular weight excluding hydrogens is 368 g/mol. The van der Waals surface area contributed by atoms with Crippen molar-refractivity contribution in [2.24, 2.45) is 4.99 Å². The summed E-state index contributed by atoms with van der Waals surface area (Å²) in [6.07, 6.45) is 1.69. The van der Waals surface area contributed by atoms with Gasteiger partial charge in [-0.3, -0.25) is 4.79 Å². The molecule has 8 heteroatoms. The van der Waals surface area contributed by atoms with Crippen LogP contribution in [0, 0.1) is 0 Å². The molecule has 27 heavy (non-hydrogen) atoms. The first-order valence-corrected chi connectivity index (χ1v) is 8.67. The van der Waals surface area contributed by atoms with Crippen molar-refractivity contribution < 1.29 is 24.2 Å². The SMILES string of the molecule is COc1cccc(/C=C2/SC(=Nc3cccc(C(=O)O)c3)NC2=O)c1OC. The first kappa shape index (κ1) is 18.5. The molecule has 7 nitrogen and oxygen atoms in total. The van der Waals surface area contributed by atoms with Crippen LogP contribution < -0.4 is 14.8 Å². The molecule has 2 aromatic carbocycles. The first-order chi connectivity index (χ1) is 13.0. The fourth-order valence-electron chi connectivity index (χ4n) is 2.47. The van der Waals surface area contributed by atoms with Gasteiger partial charge in [-0.2, -0.15) is 0 Å². The molecule has 2 N–H and O–H groups in total. The summed E-state index contributed by atoms with van der Waals surface area (Å²) in [5.41, 5.74) is 1.27. The molecule has 0 radical (unpaired) electrons. The second-order valence-corrected chi connectivity index (χ2v) is 6.45. The van der Waals surface area contributed by atoms with Crippen molar-refractivity contribution in [3.8, 4) is 11.5 Å². The second-order valence-electron chi connectivity index (χ2n) is 5.42. The lowest BCUT2D eigenvalue weighted by atomic mass is 10.1. The molecule has 1 aliphatic rings. The van der Waals surface area contributed by atoms with Gasteiger partial charge < -0.3 is 19.9 Å². The van der Waals surface area contributed by atoms with Gasteiger partial charge in [0.15, 0.2) is 16.7 Å². The number of carboxylic acid groups (broad SMARTS) is 1. The molecule has 1 fully saturated rings. The first-order valence-electron chi connectivity index (χ1n) is 7.85. The van der Waals surface area contributed by atoms with Gasteiger partial charge in [0.25, 0.3) is 5.91 Å². The minimum atomic E-state index is -1.04. The number of aromatic carboxylic acids is 1. The van der Waals surface area contributed by atoms with Gasteiger partial charge in [-0.1, -0.05) is 18.2 Å². The summed E-state index contributed by atoms with van der Waals surface area (Å²) >= 11 is 1.16. The van der Waals surface area contributed by atoms with Crippen molar-refractivity contribution >= 4 is 40.6 Å². The van der Waals surface area contributed by atoms with Gasteiger partial charge in [0.2, 0.25) is 0 Å². The zero-order chi connectivity index (χ0) is 19.4. The van der Waals surface area contributed by atoms with Crippen LogP contribution in [0.3, 0.4) is 0 Å². The highest BCUT2D eigenvalue weighted by Gasteiger charge is 2.24. The van der Waals surface area contributed by atoms with E-state index in [-0.39, 0.29) is 11.5 Å². The fourth-order valence-corrected chi connectivity index (χ4v) is 3.31. The molecule has 1 saturated heterocycles. The molecule has 1 aliphatic heterocycles. The summed E-state index contributed by atoms with van der Waals surface area (Å²) < 4.78 is 10.6. The third-order valence-corrected chi connectivity index (χ3v) is 4.60. The van der Waals surface area contributed by atoms with Crippen molar-refractivity contribution in [2.75, 3.05) is 14.2 Å². The van der Waals surface area contributed by atoms with Crippen molar-refractivity contribution in [2.45, 2.75) is 0 Å². The summed E-state index contributed by atoms with van der Waals surface area (Å²) in [7, 11) is 3.08. The number of hydrogen-bond donors (Lipinski definition) is 2. The molecule has 1 amide bonds. The Hall–Kier alpha value is -3.26. The number of benzene rings is 2. The Morgan fingerprint density at radius 1 is 1.19 bits per heavy atom. The molecular formula is C19H16N2O5S. The second kappa shape index (κ2) is 7.96. The maximum atomic E-state index is 12.3. The van der Waals surface area contributed by atoms with Crippen molar-refractivity contribution in [3.05, 3.63) is 58.5 Å². The summed E-state index contributed by atoms with van der Waals surface area (Å²) in [4.78, 5) is 28.1. The van der Waals surface area contributed by atoms with E-state index in [1.807, 2.05) is 6.07 Å². The van der Waals surface area contributed by atoms with Crippen LogP contribution >= 0.6 is 11.8 Å². The lowest BCUT2D eigenvalue weighted by Crippen LogP contribution is -2.19. The van der Waals surface area contributed by atoms with E-state index >= 15 is 0 Å². The van der Waals surface area contributed by atoms with Gasteiger partial charge in [-0.25, -0.2) is 9.79 Å². The Balaban J connectivity index is 1.89. The Morgan fingerprint density at radius 2 is 1.96 bits per heavy atom. The Labute approximate surface area is 159 Å². The average molecular weight is 384 g/mol. The number of amidine groups is 1. The van der Waals surface area contributed by atoms with Crippen LogP contribution in [0.1, 0.15) is 15.9 Å².